The normalized spacial score (nSPS) is 30.9. The molecule has 3 saturated carbocycles. The van der Waals surface area contributed by atoms with Gasteiger partial charge in [-0.05, 0) is 88.3 Å². The number of fused-ring (bicyclic) bond motifs is 3. The number of carbonyl (C=O) groups is 4. The first kappa shape index (κ1) is 42.6. The van der Waals surface area contributed by atoms with E-state index >= 15 is 4.79 Å². The number of nitrogens with zero attached hydrogens (tertiary/aromatic N) is 2. The molecule has 0 spiro atoms. The fraction of sp³-hybridized carbons (Fsp3) is 0.714. The minimum absolute atomic E-state index is 0.00663. The molecule has 58 heavy (non-hydrogen) atoms. The molecule has 1 saturated heterocycles. The fourth-order valence-corrected chi connectivity index (χ4v) is 10.3. The molecule has 1 aromatic carbocycles. The zero-order chi connectivity index (χ0) is 41.2. The summed E-state index contributed by atoms with van der Waals surface area (Å²) in [6, 6.07) is 3.83. The Balaban J connectivity index is 1.17. The Labute approximate surface area is 344 Å². The molecule has 7 rings (SSSR count). The highest BCUT2D eigenvalue weighted by Gasteiger charge is 2.60. The van der Waals surface area contributed by atoms with Gasteiger partial charge in [0.05, 0.1) is 41.8 Å². The summed E-state index contributed by atoms with van der Waals surface area (Å²) in [4.78, 5) is 59.6. The third kappa shape index (κ3) is 10.1. The van der Waals surface area contributed by atoms with Crippen LogP contribution >= 0.6 is 0 Å². The molecule has 320 valence electrons. The minimum Gasteiger partial charge on any atom is -0.444 e. The summed E-state index contributed by atoms with van der Waals surface area (Å²) in [5.74, 6) is -1.10. The predicted octanol–water partition coefficient (Wildman–Crippen LogP) is 3.30. The highest BCUT2D eigenvalue weighted by Crippen LogP contribution is 2.47. The van der Waals surface area contributed by atoms with Crippen molar-refractivity contribution in [3.8, 4) is 0 Å². The topological polar surface area (TPSA) is 188 Å². The molecule has 4 amide bonds. The molecule has 0 aromatic heterocycles. The van der Waals surface area contributed by atoms with Crippen LogP contribution in [0.2, 0.25) is 0 Å². The largest absolute Gasteiger partial charge is 0.444 e. The summed E-state index contributed by atoms with van der Waals surface area (Å²) in [7, 11) is -1.46. The SMILES string of the molecule is C=CC1CC1(NC(=O)C1CC2CN1C(=O)C(C1CCCCC1)NCC(NC(=O)OC(C)(C)C)COCCCc1cccc3c1CN(C3)C(=O)O2)C(O)NS(=O)C1CC1. The van der Waals surface area contributed by atoms with Gasteiger partial charge in [-0.2, -0.15) is 0 Å². The molecular weight excluding hydrogens is 765 g/mol. The van der Waals surface area contributed by atoms with Gasteiger partial charge in [0.15, 0.2) is 0 Å². The van der Waals surface area contributed by atoms with Gasteiger partial charge < -0.3 is 40.2 Å². The average molecular weight is 827 g/mol. The third-order valence-corrected chi connectivity index (χ3v) is 14.0. The van der Waals surface area contributed by atoms with Crippen molar-refractivity contribution in [3.63, 3.8) is 0 Å². The minimum atomic E-state index is -1.46. The first-order valence-electron chi connectivity index (χ1n) is 21.2. The number of aliphatic hydroxyl groups excluding tert-OH is 1. The van der Waals surface area contributed by atoms with Crippen molar-refractivity contribution < 1.29 is 42.7 Å². The molecule has 3 aliphatic heterocycles. The van der Waals surface area contributed by atoms with Gasteiger partial charge in [0, 0.05) is 43.8 Å². The Morgan fingerprint density at radius 3 is 2.57 bits per heavy atom. The van der Waals surface area contributed by atoms with Gasteiger partial charge in [-0.25, -0.2) is 18.5 Å². The monoisotopic (exact) mass is 826 g/mol. The predicted molar refractivity (Wildman–Crippen MR) is 216 cm³/mol. The molecule has 3 heterocycles. The van der Waals surface area contributed by atoms with Crippen LogP contribution in [0, 0.1) is 11.8 Å². The van der Waals surface area contributed by atoms with Crippen molar-refractivity contribution >= 4 is 35.0 Å². The third-order valence-electron chi connectivity index (χ3n) is 12.4. The Kier molecular flexibility index (Phi) is 13.2. The number of ether oxygens (including phenoxy) is 3. The lowest BCUT2D eigenvalue weighted by molar-refractivity contribution is -0.142. The number of benzene rings is 1. The number of carbonyl (C=O) groups excluding carboxylic acids is 4. The van der Waals surface area contributed by atoms with Crippen LogP contribution in [0.25, 0.3) is 0 Å². The summed E-state index contributed by atoms with van der Waals surface area (Å²) in [6.07, 6.45) is 6.65. The van der Waals surface area contributed by atoms with E-state index < -0.39 is 70.7 Å². The molecule has 16 heteroatoms. The zero-order valence-electron chi connectivity index (χ0n) is 34.2. The van der Waals surface area contributed by atoms with E-state index in [0.717, 1.165) is 74.5 Å². The van der Waals surface area contributed by atoms with Gasteiger partial charge in [-0.1, -0.05) is 43.5 Å². The van der Waals surface area contributed by atoms with Crippen molar-refractivity contribution in [3.05, 3.63) is 47.5 Å². The first-order chi connectivity index (χ1) is 27.7. The van der Waals surface area contributed by atoms with Crippen LogP contribution in [-0.4, -0.2) is 116 Å². The molecule has 8 atom stereocenters. The summed E-state index contributed by atoms with van der Waals surface area (Å²) in [5, 5.41) is 20.8. The van der Waals surface area contributed by atoms with E-state index in [1.807, 2.05) is 12.1 Å². The summed E-state index contributed by atoms with van der Waals surface area (Å²) in [5.41, 5.74) is 1.40. The van der Waals surface area contributed by atoms with Crippen LogP contribution in [0.1, 0.15) is 102 Å². The zero-order valence-corrected chi connectivity index (χ0v) is 35.0. The maximum atomic E-state index is 15.0. The molecule has 8 unspecified atom stereocenters. The van der Waals surface area contributed by atoms with Crippen molar-refractivity contribution in [2.24, 2.45) is 11.8 Å². The maximum absolute atomic E-state index is 15.0. The lowest BCUT2D eigenvalue weighted by Gasteiger charge is -2.36. The van der Waals surface area contributed by atoms with Crippen LogP contribution < -0.4 is 20.7 Å². The lowest BCUT2D eigenvalue weighted by atomic mass is 9.83. The Hall–Kier alpha value is -3.57. The number of aryl methyl sites for hydroxylation is 1. The van der Waals surface area contributed by atoms with E-state index in [0.29, 0.717) is 26.1 Å². The average Bonchev–Trinajstić information content (AvgIpc) is 4.07. The number of aliphatic hydroxyl groups is 1. The van der Waals surface area contributed by atoms with E-state index in [4.69, 9.17) is 14.2 Å². The second-order valence-electron chi connectivity index (χ2n) is 18.1. The molecule has 4 fully saturated rings. The van der Waals surface area contributed by atoms with Crippen molar-refractivity contribution in [1.29, 1.82) is 0 Å². The molecule has 3 aliphatic carbocycles. The van der Waals surface area contributed by atoms with Crippen LogP contribution in [0.15, 0.2) is 30.9 Å². The Morgan fingerprint density at radius 2 is 1.86 bits per heavy atom. The van der Waals surface area contributed by atoms with E-state index in [2.05, 4.69) is 33.3 Å². The van der Waals surface area contributed by atoms with Crippen LogP contribution in [0.3, 0.4) is 0 Å². The van der Waals surface area contributed by atoms with Gasteiger partial charge in [0.25, 0.3) is 0 Å². The van der Waals surface area contributed by atoms with Gasteiger partial charge >= 0.3 is 12.2 Å². The van der Waals surface area contributed by atoms with Crippen LogP contribution in [0.5, 0.6) is 0 Å². The van der Waals surface area contributed by atoms with Crippen molar-refractivity contribution in [1.82, 2.24) is 30.5 Å². The second-order valence-corrected chi connectivity index (χ2v) is 19.6. The van der Waals surface area contributed by atoms with Crippen molar-refractivity contribution in [2.45, 2.75) is 151 Å². The maximum Gasteiger partial charge on any atom is 0.410 e. The number of amides is 4. The van der Waals surface area contributed by atoms with Gasteiger partial charge in [-0.3, -0.25) is 14.5 Å². The number of alkyl carbamates (subject to hydrolysis) is 1. The molecular formula is C42H62N6O9S. The second kappa shape index (κ2) is 18.0. The van der Waals surface area contributed by atoms with Crippen LogP contribution in [0.4, 0.5) is 9.59 Å². The first-order valence-corrected chi connectivity index (χ1v) is 22.4. The molecule has 1 aromatic rings. The van der Waals surface area contributed by atoms with Crippen molar-refractivity contribution in [2.75, 3.05) is 26.3 Å². The number of hydrogen-bond acceptors (Lipinski definition) is 10. The molecule has 15 nitrogen and oxygen atoms in total. The fourth-order valence-electron chi connectivity index (χ4n) is 9.07. The standard InChI is InChI=1S/C42H62N6O9S/c1-5-29-20-42(29,38(51)46-58(54)32-16-17-32)45-36(49)34-19-31-23-48(34)37(50)35(27-11-7-6-8-12-27)43-21-30(44-39(52)57-41(2,3)4)25-55-18-10-15-26-13-9-14-28-22-47(24-33(26)28)40(53)56-31/h5,9,13-14,27,29-32,34-35,38,43,46,51H,1,6-8,10-12,15-25H2,2-4H3,(H,44,52)(H,45,49). The number of nitrogens with one attached hydrogen (secondary N) is 4. The van der Waals surface area contributed by atoms with E-state index in [1.54, 1.807) is 31.7 Å². The van der Waals surface area contributed by atoms with E-state index in [9.17, 15) is 23.7 Å². The summed E-state index contributed by atoms with van der Waals surface area (Å²) < 4.78 is 33.5. The van der Waals surface area contributed by atoms with E-state index in [-0.39, 0.29) is 49.1 Å². The summed E-state index contributed by atoms with van der Waals surface area (Å²) >= 11 is 0. The van der Waals surface area contributed by atoms with Gasteiger partial charge in [0.2, 0.25) is 11.8 Å². The molecule has 4 bridgehead atoms. The number of rotatable bonds is 9. The quantitative estimate of drug-likeness (QED) is 0.183. The van der Waals surface area contributed by atoms with Gasteiger partial charge in [-0.15, -0.1) is 6.58 Å². The summed E-state index contributed by atoms with van der Waals surface area (Å²) in [6.45, 7) is 10.9. The Bertz CT molecular complexity index is 1730. The van der Waals surface area contributed by atoms with Gasteiger partial charge in [0.1, 0.15) is 24.0 Å². The number of hydrogen-bond donors (Lipinski definition) is 5. The van der Waals surface area contributed by atoms with Crippen LogP contribution in [-0.2, 0) is 54.3 Å². The highest BCUT2D eigenvalue weighted by atomic mass is 32.2. The van der Waals surface area contributed by atoms with E-state index in [1.165, 1.54) is 4.90 Å². The Morgan fingerprint density at radius 1 is 1.10 bits per heavy atom. The smallest absolute Gasteiger partial charge is 0.410 e. The molecule has 5 N–H and O–H groups in total. The molecule has 0 radical (unpaired) electrons. The highest BCUT2D eigenvalue weighted by molar-refractivity contribution is 7.84. The lowest BCUT2D eigenvalue weighted by Crippen LogP contribution is -2.60. The molecule has 6 aliphatic rings.